The quantitative estimate of drug-likeness (QED) is 0.383. The monoisotopic (exact) mass is 481 g/mol. The molecule has 0 spiro atoms. The summed E-state index contributed by atoms with van der Waals surface area (Å²) in [4.78, 5) is 6.73. The number of ether oxygens (including phenoxy) is 2. The molecule has 1 fully saturated rings. The molecule has 146 valence electrons. The van der Waals surface area contributed by atoms with Gasteiger partial charge in [0, 0.05) is 39.7 Å². The van der Waals surface area contributed by atoms with Crippen LogP contribution < -0.4 is 10.1 Å². The van der Waals surface area contributed by atoms with E-state index in [1.54, 1.807) is 7.11 Å². The van der Waals surface area contributed by atoms with Crippen LogP contribution in [0.25, 0.3) is 0 Å². The van der Waals surface area contributed by atoms with Gasteiger partial charge in [-0.05, 0) is 36.2 Å². The lowest BCUT2D eigenvalue weighted by atomic mass is 10.1. The van der Waals surface area contributed by atoms with Gasteiger partial charge >= 0.3 is 0 Å². The SMILES string of the molecule is CN=C(NCc1cccc(Oc2ccccc2)c1)N1CCC(COC)C1.I. The topological polar surface area (TPSA) is 46.1 Å². The summed E-state index contributed by atoms with van der Waals surface area (Å²) < 4.78 is 11.2. The highest BCUT2D eigenvalue weighted by molar-refractivity contribution is 14.0. The number of methoxy groups -OCH3 is 1. The summed E-state index contributed by atoms with van der Waals surface area (Å²) in [5.41, 5.74) is 1.16. The van der Waals surface area contributed by atoms with E-state index < -0.39 is 0 Å². The van der Waals surface area contributed by atoms with Gasteiger partial charge < -0.3 is 19.7 Å². The third-order valence-corrected chi connectivity index (χ3v) is 4.53. The highest BCUT2D eigenvalue weighted by Crippen LogP contribution is 2.22. The van der Waals surface area contributed by atoms with E-state index in [2.05, 4.69) is 27.3 Å². The maximum Gasteiger partial charge on any atom is 0.193 e. The molecule has 27 heavy (non-hydrogen) atoms. The van der Waals surface area contributed by atoms with Crippen molar-refractivity contribution in [2.75, 3.05) is 33.9 Å². The van der Waals surface area contributed by atoms with E-state index in [9.17, 15) is 0 Å². The molecule has 0 aliphatic carbocycles. The zero-order valence-corrected chi connectivity index (χ0v) is 18.3. The lowest BCUT2D eigenvalue weighted by Gasteiger charge is -2.21. The summed E-state index contributed by atoms with van der Waals surface area (Å²) in [6.07, 6.45) is 1.15. The van der Waals surface area contributed by atoms with Crippen molar-refractivity contribution in [3.8, 4) is 11.5 Å². The van der Waals surface area contributed by atoms with Crippen LogP contribution >= 0.6 is 24.0 Å². The lowest BCUT2D eigenvalue weighted by molar-refractivity contribution is 0.157. The molecule has 1 aliphatic heterocycles. The molecule has 0 saturated carbocycles. The number of halogens is 1. The van der Waals surface area contributed by atoms with E-state index in [1.165, 1.54) is 0 Å². The Balaban J connectivity index is 0.00000261. The molecule has 1 N–H and O–H groups in total. The number of benzene rings is 2. The third-order valence-electron chi connectivity index (χ3n) is 4.53. The fraction of sp³-hybridized carbons (Fsp3) is 0.381. The van der Waals surface area contributed by atoms with Gasteiger partial charge in [0.2, 0.25) is 0 Å². The predicted molar refractivity (Wildman–Crippen MR) is 120 cm³/mol. The molecular formula is C21H28IN3O2. The Morgan fingerprint density at radius 2 is 1.93 bits per heavy atom. The van der Waals surface area contributed by atoms with Crippen molar-refractivity contribution in [2.45, 2.75) is 13.0 Å². The van der Waals surface area contributed by atoms with Crippen LogP contribution in [-0.4, -0.2) is 44.7 Å². The van der Waals surface area contributed by atoms with Gasteiger partial charge in [0.15, 0.2) is 5.96 Å². The van der Waals surface area contributed by atoms with Crippen LogP contribution in [0.1, 0.15) is 12.0 Å². The van der Waals surface area contributed by atoms with Gasteiger partial charge in [-0.3, -0.25) is 4.99 Å². The number of aliphatic imine (C=N–C) groups is 1. The first kappa shape index (κ1) is 21.5. The number of nitrogens with zero attached hydrogens (tertiary/aromatic N) is 2. The van der Waals surface area contributed by atoms with Crippen LogP contribution in [-0.2, 0) is 11.3 Å². The van der Waals surface area contributed by atoms with E-state index >= 15 is 0 Å². The first-order chi connectivity index (χ1) is 12.8. The predicted octanol–water partition coefficient (Wildman–Crippen LogP) is 4.14. The second kappa shape index (κ2) is 11.1. The lowest BCUT2D eigenvalue weighted by Crippen LogP contribution is -2.39. The van der Waals surface area contributed by atoms with E-state index in [0.717, 1.165) is 49.1 Å². The molecule has 1 heterocycles. The highest BCUT2D eigenvalue weighted by Gasteiger charge is 2.24. The van der Waals surface area contributed by atoms with Crippen molar-refractivity contribution in [1.82, 2.24) is 10.2 Å². The molecule has 0 radical (unpaired) electrons. The van der Waals surface area contributed by atoms with Gasteiger partial charge in [-0.2, -0.15) is 0 Å². The Morgan fingerprint density at radius 3 is 2.67 bits per heavy atom. The number of guanidine groups is 1. The van der Waals surface area contributed by atoms with Crippen molar-refractivity contribution in [2.24, 2.45) is 10.9 Å². The zero-order chi connectivity index (χ0) is 18.2. The number of likely N-dealkylation sites (tertiary alicyclic amines) is 1. The molecule has 6 heteroatoms. The maximum absolute atomic E-state index is 5.91. The van der Waals surface area contributed by atoms with Gasteiger partial charge in [0.25, 0.3) is 0 Å². The van der Waals surface area contributed by atoms with Crippen LogP contribution in [0.15, 0.2) is 59.6 Å². The van der Waals surface area contributed by atoms with Crippen molar-refractivity contribution in [3.05, 3.63) is 60.2 Å². The summed E-state index contributed by atoms with van der Waals surface area (Å²) in [6, 6.07) is 18.0. The van der Waals surface area contributed by atoms with Crippen LogP contribution in [0.5, 0.6) is 11.5 Å². The number of para-hydroxylation sites is 1. The second-order valence-electron chi connectivity index (χ2n) is 6.52. The van der Waals surface area contributed by atoms with Gasteiger partial charge in [-0.1, -0.05) is 30.3 Å². The molecule has 3 rings (SSSR count). The van der Waals surface area contributed by atoms with Gasteiger partial charge in [-0.25, -0.2) is 0 Å². The van der Waals surface area contributed by atoms with Crippen LogP contribution in [0.4, 0.5) is 0 Å². The minimum absolute atomic E-state index is 0. The van der Waals surface area contributed by atoms with Crippen LogP contribution in [0.3, 0.4) is 0 Å². The summed E-state index contributed by atoms with van der Waals surface area (Å²) in [7, 11) is 3.60. The number of hydrogen-bond donors (Lipinski definition) is 1. The zero-order valence-electron chi connectivity index (χ0n) is 15.9. The van der Waals surface area contributed by atoms with Gasteiger partial charge in [0.05, 0.1) is 6.61 Å². The molecule has 1 unspecified atom stereocenters. The average molecular weight is 481 g/mol. The first-order valence-electron chi connectivity index (χ1n) is 9.05. The number of hydrogen-bond acceptors (Lipinski definition) is 3. The van der Waals surface area contributed by atoms with Gasteiger partial charge in [0.1, 0.15) is 11.5 Å². The Bertz CT molecular complexity index is 724. The van der Waals surface area contributed by atoms with E-state index in [1.807, 2.05) is 49.5 Å². The Kier molecular flexibility index (Phi) is 8.87. The van der Waals surface area contributed by atoms with Crippen molar-refractivity contribution in [1.29, 1.82) is 0 Å². The smallest absolute Gasteiger partial charge is 0.193 e. The van der Waals surface area contributed by atoms with Crippen LogP contribution in [0, 0.1) is 5.92 Å². The molecule has 1 saturated heterocycles. The van der Waals surface area contributed by atoms with Crippen molar-refractivity contribution < 1.29 is 9.47 Å². The molecule has 1 aliphatic rings. The van der Waals surface area contributed by atoms with E-state index in [4.69, 9.17) is 9.47 Å². The molecule has 5 nitrogen and oxygen atoms in total. The fourth-order valence-electron chi connectivity index (χ4n) is 3.25. The van der Waals surface area contributed by atoms with Crippen molar-refractivity contribution >= 4 is 29.9 Å². The summed E-state index contributed by atoms with van der Waals surface area (Å²) in [6.45, 7) is 3.53. The fourth-order valence-corrected chi connectivity index (χ4v) is 3.25. The summed E-state index contributed by atoms with van der Waals surface area (Å²) in [5.74, 6) is 3.21. The standard InChI is InChI=1S/C21H27N3O2.HI/c1-22-21(24-12-11-18(15-24)16-25-2)23-14-17-7-6-10-20(13-17)26-19-8-4-3-5-9-19;/h3-10,13,18H,11-12,14-16H2,1-2H3,(H,22,23);1H. The Labute approximate surface area is 178 Å². The molecule has 2 aromatic rings. The van der Waals surface area contributed by atoms with E-state index in [-0.39, 0.29) is 24.0 Å². The summed E-state index contributed by atoms with van der Waals surface area (Å²) in [5, 5.41) is 3.46. The molecule has 1 atom stereocenters. The van der Waals surface area contributed by atoms with Crippen molar-refractivity contribution in [3.63, 3.8) is 0 Å². The second-order valence-corrected chi connectivity index (χ2v) is 6.52. The minimum Gasteiger partial charge on any atom is -0.457 e. The first-order valence-corrected chi connectivity index (χ1v) is 9.05. The third kappa shape index (κ3) is 6.39. The maximum atomic E-state index is 5.91. The highest BCUT2D eigenvalue weighted by atomic mass is 127. The average Bonchev–Trinajstić information content (AvgIpc) is 3.12. The summed E-state index contributed by atoms with van der Waals surface area (Å²) >= 11 is 0. The normalized spacial score (nSPS) is 16.7. The molecule has 2 aromatic carbocycles. The Morgan fingerprint density at radius 1 is 1.15 bits per heavy atom. The minimum atomic E-state index is 0. The van der Waals surface area contributed by atoms with E-state index in [0.29, 0.717) is 12.5 Å². The largest absolute Gasteiger partial charge is 0.457 e. The molecule has 0 aromatic heterocycles. The van der Waals surface area contributed by atoms with Crippen LogP contribution in [0.2, 0.25) is 0 Å². The number of nitrogens with one attached hydrogen (secondary N) is 1. The molecular weight excluding hydrogens is 453 g/mol. The number of rotatable bonds is 6. The van der Waals surface area contributed by atoms with Gasteiger partial charge in [-0.15, -0.1) is 24.0 Å². The molecule has 0 amide bonds. The molecule has 0 bridgehead atoms. The Hall–Kier alpha value is -1.80.